The van der Waals surface area contributed by atoms with Crippen LogP contribution in [0.1, 0.15) is 65.7 Å². The van der Waals surface area contributed by atoms with Gasteiger partial charge in [0, 0.05) is 23.7 Å². The van der Waals surface area contributed by atoms with Gasteiger partial charge in [0.25, 0.3) is 0 Å². The second-order valence-corrected chi connectivity index (χ2v) is 12.8. The van der Waals surface area contributed by atoms with E-state index in [9.17, 15) is 27.1 Å². The Balaban J connectivity index is 1.25. The van der Waals surface area contributed by atoms with Crippen molar-refractivity contribution in [1.29, 1.82) is 0 Å². The van der Waals surface area contributed by atoms with Gasteiger partial charge in [-0.3, -0.25) is 0 Å². The van der Waals surface area contributed by atoms with E-state index in [0.29, 0.717) is 45.3 Å². The molecule has 2 aliphatic heterocycles. The summed E-state index contributed by atoms with van der Waals surface area (Å²) in [6.07, 6.45) is 0.282. The van der Waals surface area contributed by atoms with Gasteiger partial charge in [-0.2, -0.15) is 22.0 Å². The molecule has 9 heteroatoms. The van der Waals surface area contributed by atoms with Crippen molar-refractivity contribution < 1.29 is 41.3 Å². The number of hydrogen-bond acceptors (Lipinski definition) is 4. The second kappa shape index (κ2) is 6.37. The second-order valence-electron chi connectivity index (χ2n) is 12.8. The van der Waals surface area contributed by atoms with Gasteiger partial charge in [0.15, 0.2) is 11.4 Å². The van der Waals surface area contributed by atoms with Crippen LogP contribution in [0, 0.1) is 28.6 Å². The van der Waals surface area contributed by atoms with Crippen LogP contribution in [0.15, 0.2) is 12.2 Å². The van der Waals surface area contributed by atoms with Crippen LogP contribution in [0.3, 0.4) is 0 Å². The van der Waals surface area contributed by atoms with Crippen LogP contribution in [0.25, 0.3) is 0 Å². The summed E-state index contributed by atoms with van der Waals surface area (Å²) in [6.45, 7) is 6.82. The fraction of sp³-hybridized carbons (Fsp3) is 0.920. The number of hydrogen-bond donors (Lipinski definition) is 1. The molecular formula is C25H33F5O4. The number of rotatable bonds is 1. The average Bonchev–Trinajstić information content (AvgIpc) is 3.35. The SMILES string of the molecule is CC1(C)COC2(CC[C@]34O[C@]3(CCC3C5C=C[C@@](O)(C(F)(F)C(F)(F)F)[C@@]5(C)CCC34)C2)OC1. The number of fused-ring (bicyclic) bond motifs is 3. The Hall–Kier alpha value is -0.770. The number of allylic oxidation sites excluding steroid dienone is 1. The molecule has 0 aromatic rings. The lowest BCUT2D eigenvalue weighted by atomic mass is 9.48. The molecule has 4 nitrogen and oxygen atoms in total. The van der Waals surface area contributed by atoms with Gasteiger partial charge in [0.05, 0.1) is 13.2 Å². The summed E-state index contributed by atoms with van der Waals surface area (Å²) < 4.78 is 88.1. The fourth-order valence-electron chi connectivity index (χ4n) is 8.45. The molecule has 0 bridgehead atoms. The summed E-state index contributed by atoms with van der Waals surface area (Å²) in [4.78, 5) is 0. The van der Waals surface area contributed by atoms with Crippen molar-refractivity contribution in [1.82, 2.24) is 0 Å². The van der Waals surface area contributed by atoms with Crippen LogP contribution in [-0.2, 0) is 14.2 Å². The molecule has 192 valence electrons. The average molecular weight is 493 g/mol. The maximum Gasteiger partial charge on any atom is 0.456 e. The first-order valence-corrected chi connectivity index (χ1v) is 12.4. The van der Waals surface area contributed by atoms with Crippen LogP contribution < -0.4 is 0 Å². The molecule has 6 aliphatic rings. The van der Waals surface area contributed by atoms with E-state index in [1.807, 2.05) is 0 Å². The molecule has 3 saturated carbocycles. The summed E-state index contributed by atoms with van der Waals surface area (Å²) in [5, 5.41) is 10.9. The topological polar surface area (TPSA) is 51.2 Å². The van der Waals surface area contributed by atoms with Gasteiger partial charge in [-0.05, 0) is 55.9 Å². The number of alkyl halides is 5. The summed E-state index contributed by atoms with van der Waals surface area (Å²) in [7, 11) is 0. The first-order chi connectivity index (χ1) is 15.6. The minimum absolute atomic E-state index is 0.0442. The van der Waals surface area contributed by atoms with E-state index in [1.165, 1.54) is 13.0 Å². The van der Waals surface area contributed by atoms with Crippen molar-refractivity contribution in [2.24, 2.45) is 28.6 Å². The van der Waals surface area contributed by atoms with Crippen LogP contribution in [-0.4, -0.2) is 53.0 Å². The van der Waals surface area contributed by atoms with E-state index >= 15 is 0 Å². The number of halogens is 5. The van der Waals surface area contributed by atoms with Crippen LogP contribution >= 0.6 is 0 Å². The molecule has 1 N–H and O–H groups in total. The highest BCUT2D eigenvalue weighted by Crippen LogP contribution is 2.75. The molecule has 34 heavy (non-hydrogen) atoms. The smallest absolute Gasteiger partial charge is 0.378 e. The van der Waals surface area contributed by atoms with E-state index in [1.54, 1.807) is 0 Å². The predicted molar refractivity (Wildman–Crippen MR) is 111 cm³/mol. The molecule has 4 aliphatic carbocycles. The Morgan fingerprint density at radius 2 is 1.59 bits per heavy atom. The maximum absolute atomic E-state index is 14.6. The molecule has 0 amide bonds. The molecule has 3 unspecified atom stereocenters. The minimum atomic E-state index is -5.83. The normalized spacial score (nSPS) is 50.8. The fourth-order valence-corrected chi connectivity index (χ4v) is 8.45. The standard InChI is InChI=1S/C25H33F5O4/c1-18(2)13-32-21(33-14-18)10-11-22-17-5-7-19(3)16(15(17)4-8-20(22,12-21)34-22)6-9-23(19,31)24(26,27)25(28,29)30/h6,9,15-17,31H,4-5,7-8,10-14H2,1-3H3/t15?,16?,17?,19-,20+,22+,23-/m0/s1. The summed E-state index contributed by atoms with van der Waals surface area (Å²) in [5.41, 5.74) is -5.66. The molecule has 0 radical (unpaired) electrons. The Kier molecular flexibility index (Phi) is 4.43. The van der Waals surface area contributed by atoms with Gasteiger partial charge in [0.2, 0.25) is 0 Å². The van der Waals surface area contributed by atoms with Gasteiger partial charge in [-0.25, -0.2) is 0 Å². The number of aliphatic hydroxyl groups is 1. The molecule has 0 aromatic carbocycles. The lowest BCUT2D eigenvalue weighted by molar-refractivity contribution is -0.354. The van der Waals surface area contributed by atoms with Crippen LogP contribution in [0.5, 0.6) is 0 Å². The Labute approximate surface area is 196 Å². The van der Waals surface area contributed by atoms with E-state index < -0.39 is 40.4 Å². The monoisotopic (exact) mass is 492 g/mol. The largest absolute Gasteiger partial charge is 0.456 e. The third kappa shape index (κ3) is 2.63. The number of ether oxygens (including phenoxy) is 3. The highest BCUT2D eigenvalue weighted by atomic mass is 19.4. The van der Waals surface area contributed by atoms with Crippen molar-refractivity contribution >= 4 is 0 Å². The summed E-state index contributed by atoms with van der Waals surface area (Å²) in [5.74, 6) is -6.48. The predicted octanol–water partition coefficient (Wildman–Crippen LogP) is 5.39. The molecule has 1 spiro atoms. The lowest BCUT2D eigenvalue weighted by Gasteiger charge is -2.57. The lowest BCUT2D eigenvalue weighted by Crippen LogP contribution is -2.66. The zero-order chi connectivity index (χ0) is 24.6. The van der Waals surface area contributed by atoms with Crippen LogP contribution in [0.4, 0.5) is 22.0 Å². The highest BCUT2D eigenvalue weighted by Gasteiger charge is 2.83. The zero-order valence-corrected chi connectivity index (χ0v) is 19.8. The first kappa shape index (κ1) is 23.6. The molecule has 6 rings (SSSR count). The Morgan fingerprint density at radius 1 is 0.912 bits per heavy atom. The summed E-state index contributed by atoms with van der Waals surface area (Å²) >= 11 is 0. The van der Waals surface area contributed by atoms with Crippen molar-refractivity contribution in [3.8, 4) is 0 Å². The summed E-state index contributed by atoms with van der Waals surface area (Å²) in [6, 6.07) is 0. The van der Waals surface area contributed by atoms with E-state index in [0.717, 1.165) is 12.5 Å². The molecular weight excluding hydrogens is 459 g/mol. The third-order valence-electron chi connectivity index (χ3n) is 10.4. The molecule has 2 saturated heterocycles. The van der Waals surface area contributed by atoms with Gasteiger partial charge in [-0.1, -0.05) is 26.8 Å². The molecule has 2 heterocycles. The number of epoxide rings is 1. The van der Waals surface area contributed by atoms with Gasteiger partial charge in [0.1, 0.15) is 11.2 Å². The van der Waals surface area contributed by atoms with Crippen LogP contribution in [0.2, 0.25) is 0 Å². The third-order valence-corrected chi connectivity index (χ3v) is 10.4. The Bertz CT molecular complexity index is 923. The van der Waals surface area contributed by atoms with Gasteiger partial charge in [-0.15, -0.1) is 0 Å². The van der Waals surface area contributed by atoms with Crippen molar-refractivity contribution in [3.63, 3.8) is 0 Å². The van der Waals surface area contributed by atoms with Crippen molar-refractivity contribution in [3.05, 3.63) is 12.2 Å². The van der Waals surface area contributed by atoms with Gasteiger partial charge < -0.3 is 19.3 Å². The maximum atomic E-state index is 14.6. The molecule has 7 atom stereocenters. The van der Waals surface area contributed by atoms with Crippen molar-refractivity contribution in [2.45, 2.75) is 100 Å². The molecule has 0 aromatic heterocycles. The van der Waals surface area contributed by atoms with Crippen molar-refractivity contribution in [2.75, 3.05) is 13.2 Å². The first-order valence-electron chi connectivity index (χ1n) is 12.4. The quantitative estimate of drug-likeness (QED) is 0.303. The van der Waals surface area contributed by atoms with E-state index in [2.05, 4.69) is 13.8 Å². The van der Waals surface area contributed by atoms with E-state index in [4.69, 9.17) is 14.2 Å². The zero-order valence-electron chi connectivity index (χ0n) is 19.8. The van der Waals surface area contributed by atoms with Gasteiger partial charge >= 0.3 is 12.1 Å². The molecule has 5 fully saturated rings. The Morgan fingerprint density at radius 3 is 2.24 bits per heavy atom. The highest BCUT2D eigenvalue weighted by molar-refractivity contribution is 5.34. The minimum Gasteiger partial charge on any atom is -0.378 e. The van der Waals surface area contributed by atoms with E-state index in [-0.39, 0.29) is 29.3 Å².